The van der Waals surface area contributed by atoms with Crippen LogP contribution >= 0.6 is 23.2 Å². The number of nitrogens with zero attached hydrogens (tertiary/aromatic N) is 1. The first-order chi connectivity index (χ1) is 14.4. The van der Waals surface area contributed by atoms with Crippen molar-refractivity contribution in [3.05, 3.63) is 68.5 Å². The lowest BCUT2D eigenvalue weighted by Crippen LogP contribution is -2.21. The van der Waals surface area contributed by atoms with E-state index >= 15 is 0 Å². The number of carbonyl (C=O) groups excluding carboxylic acids is 1. The average Bonchev–Trinajstić information content (AvgIpc) is 2.72. The summed E-state index contributed by atoms with van der Waals surface area (Å²) in [7, 11) is 0. The highest BCUT2D eigenvalue weighted by Gasteiger charge is 2.12. The van der Waals surface area contributed by atoms with Crippen molar-refractivity contribution in [1.29, 1.82) is 0 Å². The molecule has 6 nitrogen and oxygen atoms in total. The zero-order valence-corrected chi connectivity index (χ0v) is 18.1. The third-order valence-corrected chi connectivity index (χ3v) is 5.10. The van der Waals surface area contributed by atoms with E-state index in [4.69, 9.17) is 37.1 Å². The number of ether oxygens (including phenoxy) is 2. The van der Waals surface area contributed by atoms with Crippen LogP contribution in [0.3, 0.4) is 0 Å². The minimum Gasteiger partial charge on any atom is -0.480 e. The molecule has 0 aliphatic rings. The van der Waals surface area contributed by atoms with Crippen LogP contribution in [0.1, 0.15) is 19.4 Å². The lowest BCUT2D eigenvalue weighted by atomic mass is 10.1. The molecule has 0 bridgehead atoms. The van der Waals surface area contributed by atoms with Crippen molar-refractivity contribution in [2.24, 2.45) is 0 Å². The molecule has 0 radical (unpaired) electrons. The number of fused-ring (bicyclic) bond motifs is 1. The molecule has 0 fully saturated rings. The number of anilines is 1. The summed E-state index contributed by atoms with van der Waals surface area (Å²) < 4.78 is 16.0. The minimum atomic E-state index is -0.595. The summed E-state index contributed by atoms with van der Waals surface area (Å²) >= 11 is 11.8. The number of carbonyl (C=O) groups is 1. The van der Waals surface area contributed by atoms with E-state index in [2.05, 4.69) is 18.7 Å². The van der Waals surface area contributed by atoms with Gasteiger partial charge in [0.15, 0.2) is 6.61 Å². The van der Waals surface area contributed by atoms with Gasteiger partial charge in [-0.2, -0.15) is 0 Å². The highest BCUT2D eigenvalue weighted by atomic mass is 35.5. The van der Waals surface area contributed by atoms with Crippen LogP contribution in [0.25, 0.3) is 11.0 Å². The molecule has 3 aromatic rings. The van der Waals surface area contributed by atoms with E-state index in [1.54, 1.807) is 12.1 Å². The van der Waals surface area contributed by atoms with Gasteiger partial charge in [0.05, 0.1) is 5.02 Å². The maximum atomic E-state index is 12.1. The molecule has 2 aromatic carbocycles. The molecular weight excluding hydrogens is 429 g/mol. The number of rotatable bonds is 8. The maximum Gasteiger partial charge on any atom is 0.344 e. The molecule has 1 heterocycles. The first-order valence-electron chi connectivity index (χ1n) is 9.46. The number of hydrogen-bond donors (Lipinski definition) is 0. The summed E-state index contributed by atoms with van der Waals surface area (Å²) in [5.41, 5.74) is 1.46. The van der Waals surface area contributed by atoms with Crippen molar-refractivity contribution in [1.82, 2.24) is 0 Å². The Morgan fingerprint density at radius 2 is 1.83 bits per heavy atom. The summed E-state index contributed by atoms with van der Waals surface area (Å²) in [5.74, 6) is -0.269. The first-order valence-corrected chi connectivity index (χ1v) is 10.2. The van der Waals surface area contributed by atoms with E-state index in [0.29, 0.717) is 32.3 Å². The van der Waals surface area contributed by atoms with Gasteiger partial charge in [0.2, 0.25) is 0 Å². The maximum absolute atomic E-state index is 12.1. The van der Waals surface area contributed by atoms with Gasteiger partial charge in [-0.1, -0.05) is 23.2 Å². The highest BCUT2D eigenvalue weighted by molar-refractivity contribution is 6.35. The van der Waals surface area contributed by atoms with Crippen molar-refractivity contribution in [3.8, 4) is 5.75 Å². The molecule has 30 heavy (non-hydrogen) atoms. The van der Waals surface area contributed by atoms with Gasteiger partial charge >= 0.3 is 11.6 Å². The van der Waals surface area contributed by atoms with Gasteiger partial charge in [0, 0.05) is 46.9 Å². The Hall–Kier alpha value is -2.70. The molecule has 3 rings (SSSR count). The predicted octanol–water partition coefficient (Wildman–Crippen LogP) is 5.07. The lowest BCUT2D eigenvalue weighted by Gasteiger charge is -2.21. The molecular formula is C22H21Cl2NO5. The molecule has 0 N–H and O–H groups in total. The van der Waals surface area contributed by atoms with Gasteiger partial charge in [-0.3, -0.25) is 0 Å². The van der Waals surface area contributed by atoms with Gasteiger partial charge in [-0.25, -0.2) is 9.59 Å². The molecule has 8 heteroatoms. The van der Waals surface area contributed by atoms with Crippen molar-refractivity contribution in [3.63, 3.8) is 0 Å². The minimum absolute atomic E-state index is 0.0801. The van der Waals surface area contributed by atoms with Crippen molar-refractivity contribution < 1.29 is 18.7 Å². The second-order valence-electron chi connectivity index (χ2n) is 6.47. The largest absolute Gasteiger partial charge is 0.480 e. The van der Waals surface area contributed by atoms with Crippen LogP contribution in [-0.2, 0) is 16.1 Å². The summed E-state index contributed by atoms with van der Waals surface area (Å²) in [6.45, 7) is 5.37. The van der Waals surface area contributed by atoms with Crippen LogP contribution in [0, 0.1) is 0 Å². The van der Waals surface area contributed by atoms with Crippen LogP contribution in [-0.4, -0.2) is 25.7 Å². The fourth-order valence-electron chi connectivity index (χ4n) is 3.05. The number of halogens is 2. The molecule has 0 saturated carbocycles. The molecule has 0 amide bonds. The van der Waals surface area contributed by atoms with Crippen LogP contribution in [0.2, 0.25) is 10.0 Å². The molecule has 0 spiro atoms. The van der Waals surface area contributed by atoms with Crippen molar-refractivity contribution in [2.75, 3.05) is 24.6 Å². The van der Waals surface area contributed by atoms with Crippen LogP contribution in [0.5, 0.6) is 5.75 Å². The monoisotopic (exact) mass is 449 g/mol. The molecule has 0 atom stereocenters. The average molecular weight is 450 g/mol. The molecule has 0 aliphatic carbocycles. The van der Waals surface area contributed by atoms with Gasteiger partial charge < -0.3 is 18.8 Å². The molecule has 1 aromatic heterocycles. The standard InChI is InChI=1S/C22H21Cl2NO5/c1-3-25(4-2)16-6-7-17-14(9-21(26)30-20(17)11-16)12-29-22(27)13-28-19-8-5-15(23)10-18(19)24/h5-11H,3-4,12-13H2,1-2H3. The molecule has 158 valence electrons. The Labute approximate surface area is 183 Å². The van der Waals surface area contributed by atoms with E-state index < -0.39 is 11.6 Å². The van der Waals surface area contributed by atoms with E-state index in [1.165, 1.54) is 12.1 Å². The van der Waals surface area contributed by atoms with Crippen LogP contribution in [0.4, 0.5) is 5.69 Å². The highest BCUT2D eigenvalue weighted by Crippen LogP contribution is 2.27. The van der Waals surface area contributed by atoms with Gasteiger partial charge in [-0.15, -0.1) is 0 Å². The summed E-state index contributed by atoms with van der Waals surface area (Å²) in [6, 6.07) is 11.7. The van der Waals surface area contributed by atoms with E-state index in [-0.39, 0.29) is 13.2 Å². The Bertz CT molecular complexity index is 1110. The summed E-state index contributed by atoms with van der Waals surface area (Å²) in [4.78, 5) is 26.2. The topological polar surface area (TPSA) is 69.0 Å². The number of hydrogen-bond acceptors (Lipinski definition) is 6. The zero-order valence-electron chi connectivity index (χ0n) is 16.6. The number of benzene rings is 2. The van der Waals surface area contributed by atoms with E-state index in [0.717, 1.165) is 18.8 Å². The smallest absolute Gasteiger partial charge is 0.344 e. The van der Waals surface area contributed by atoms with E-state index in [1.807, 2.05) is 18.2 Å². The van der Waals surface area contributed by atoms with Crippen LogP contribution in [0.15, 0.2) is 51.7 Å². The second-order valence-corrected chi connectivity index (χ2v) is 7.31. The summed E-state index contributed by atoms with van der Waals surface area (Å²) in [6.07, 6.45) is 0. The van der Waals surface area contributed by atoms with Gasteiger partial charge in [0.25, 0.3) is 0 Å². The molecule has 0 aliphatic heterocycles. The van der Waals surface area contributed by atoms with Gasteiger partial charge in [-0.05, 0) is 44.2 Å². The predicted molar refractivity (Wildman–Crippen MR) is 118 cm³/mol. The Balaban J connectivity index is 1.70. The SMILES string of the molecule is CCN(CC)c1ccc2c(COC(=O)COc3ccc(Cl)cc3Cl)cc(=O)oc2c1. The Kier molecular flexibility index (Phi) is 7.24. The zero-order chi connectivity index (χ0) is 21.7. The fourth-order valence-corrected chi connectivity index (χ4v) is 3.52. The third kappa shape index (κ3) is 5.26. The van der Waals surface area contributed by atoms with Crippen LogP contribution < -0.4 is 15.3 Å². The van der Waals surface area contributed by atoms with E-state index in [9.17, 15) is 9.59 Å². The Morgan fingerprint density at radius 1 is 1.07 bits per heavy atom. The second kappa shape index (κ2) is 9.87. The van der Waals surface area contributed by atoms with Crippen molar-refractivity contribution in [2.45, 2.75) is 20.5 Å². The fraction of sp³-hybridized carbons (Fsp3) is 0.273. The lowest BCUT2D eigenvalue weighted by molar-refractivity contribution is -0.147. The first kappa shape index (κ1) is 22.0. The molecule has 0 saturated heterocycles. The Morgan fingerprint density at radius 3 is 2.53 bits per heavy atom. The summed E-state index contributed by atoms with van der Waals surface area (Å²) in [5, 5.41) is 1.47. The van der Waals surface area contributed by atoms with Gasteiger partial charge in [0.1, 0.15) is 17.9 Å². The van der Waals surface area contributed by atoms with Crippen molar-refractivity contribution >= 4 is 45.8 Å². The third-order valence-electron chi connectivity index (χ3n) is 4.57. The normalized spacial score (nSPS) is 10.8. The molecule has 0 unspecified atom stereocenters. The quantitative estimate of drug-likeness (QED) is 0.353. The number of esters is 1.